The van der Waals surface area contributed by atoms with Crippen LogP contribution in [0.15, 0.2) is 36.5 Å². The summed E-state index contributed by atoms with van der Waals surface area (Å²) in [5.41, 5.74) is 3.53. The Labute approximate surface area is 174 Å². The van der Waals surface area contributed by atoms with Crippen LogP contribution in [0.5, 0.6) is 5.75 Å². The summed E-state index contributed by atoms with van der Waals surface area (Å²) in [6.45, 7) is 9.35. The monoisotopic (exact) mass is 395 g/mol. The second-order valence-electron chi connectivity index (χ2n) is 8.11. The lowest BCUT2D eigenvalue weighted by atomic mass is 9.97. The zero-order chi connectivity index (χ0) is 20.1. The minimum Gasteiger partial charge on any atom is -0.494 e. The van der Waals surface area contributed by atoms with Crippen molar-refractivity contribution >= 4 is 11.5 Å². The molecule has 156 valence electrons. The van der Waals surface area contributed by atoms with Crippen LogP contribution >= 0.6 is 0 Å². The highest BCUT2D eigenvalue weighted by atomic mass is 16.5. The first-order valence-electron chi connectivity index (χ1n) is 11.2. The summed E-state index contributed by atoms with van der Waals surface area (Å²) in [4.78, 5) is 17.0. The Morgan fingerprint density at radius 3 is 2.45 bits per heavy atom. The summed E-state index contributed by atoms with van der Waals surface area (Å²) < 4.78 is 7.85. The van der Waals surface area contributed by atoms with E-state index in [-0.39, 0.29) is 0 Å². The van der Waals surface area contributed by atoms with E-state index in [4.69, 9.17) is 4.74 Å². The second-order valence-corrected chi connectivity index (χ2v) is 8.11. The van der Waals surface area contributed by atoms with Gasteiger partial charge in [0.2, 0.25) is 0 Å². The van der Waals surface area contributed by atoms with Crippen molar-refractivity contribution < 1.29 is 9.53 Å². The smallest absolute Gasteiger partial charge is 0.164 e. The molecule has 29 heavy (non-hydrogen) atoms. The largest absolute Gasteiger partial charge is 0.494 e. The molecule has 1 aliphatic heterocycles. The Morgan fingerprint density at radius 2 is 1.69 bits per heavy atom. The molecule has 0 N–H and O–H groups in total. The van der Waals surface area contributed by atoms with Gasteiger partial charge < -0.3 is 14.2 Å². The number of fused-ring (bicyclic) bond motifs is 1. The van der Waals surface area contributed by atoms with Crippen LogP contribution in [0.4, 0.5) is 5.69 Å². The number of ketones is 1. The normalized spacial score (nSPS) is 17.4. The minimum atomic E-state index is 0.329. The van der Waals surface area contributed by atoms with Gasteiger partial charge >= 0.3 is 0 Å². The van der Waals surface area contributed by atoms with Crippen molar-refractivity contribution in [1.82, 2.24) is 9.47 Å². The number of carbonyl (C=O) groups is 1. The van der Waals surface area contributed by atoms with E-state index in [0.717, 1.165) is 63.3 Å². The number of Topliss-reactive ketones (excluding diaryl/α,β-unsaturated/α-hetero) is 1. The maximum absolute atomic E-state index is 12.0. The van der Waals surface area contributed by atoms with E-state index in [9.17, 15) is 4.79 Å². The highest BCUT2D eigenvalue weighted by Crippen LogP contribution is 2.23. The fourth-order valence-electron chi connectivity index (χ4n) is 4.57. The van der Waals surface area contributed by atoms with E-state index in [1.807, 2.05) is 13.0 Å². The number of aromatic nitrogens is 1. The number of unbranched alkanes of at least 4 members (excludes halogenated alkanes) is 1. The summed E-state index contributed by atoms with van der Waals surface area (Å²) in [5, 5.41) is 0. The van der Waals surface area contributed by atoms with Crippen LogP contribution in [0.1, 0.15) is 48.7 Å². The van der Waals surface area contributed by atoms with Crippen molar-refractivity contribution in [2.75, 3.05) is 44.2 Å². The lowest BCUT2D eigenvalue weighted by molar-refractivity contribution is 0.0971. The molecule has 1 saturated heterocycles. The second kappa shape index (κ2) is 9.49. The van der Waals surface area contributed by atoms with Crippen molar-refractivity contribution in [1.29, 1.82) is 0 Å². The predicted molar refractivity (Wildman–Crippen MR) is 117 cm³/mol. The highest BCUT2D eigenvalue weighted by Gasteiger charge is 2.20. The molecular weight excluding hydrogens is 362 g/mol. The van der Waals surface area contributed by atoms with Crippen molar-refractivity contribution in [2.45, 2.75) is 45.6 Å². The van der Waals surface area contributed by atoms with Crippen LogP contribution in [0.3, 0.4) is 0 Å². The number of nitrogens with zero attached hydrogens (tertiary/aromatic N) is 3. The van der Waals surface area contributed by atoms with Crippen molar-refractivity contribution in [2.24, 2.45) is 0 Å². The van der Waals surface area contributed by atoms with Gasteiger partial charge in [-0.3, -0.25) is 9.69 Å². The number of hydrogen-bond acceptors (Lipinski definition) is 4. The first-order chi connectivity index (χ1) is 14.2. The SMILES string of the molecule is CCOc1ccc(N2CCN(CCCCn3ccc4c3CCCC4=O)CC2)cc1. The number of aryl methyl sites for hydroxylation is 1. The molecule has 1 aliphatic carbocycles. The molecule has 5 nitrogen and oxygen atoms in total. The van der Waals surface area contributed by atoms with E-state index >= 15 is 0 Å². The topological polar surface area (TPSA) is 37.7 Å². The molecule has 1 aromatic carbocycles. The Morgan fingerprint density at radius 1 is 0.931 bits per heavy atom. The van der Waals surface area contributed by atoms with Crippen LogP contribution in [0.2, 0.25) is 0 Å². The average molecular weight is 396 g/mol. The standard InChI is InChI=1S/C24H33N3O2/c1-2-29-21-10-8-20(9-11-21)26-18-16-25(17-19-26)13-3-4-14-27-15-12-22-23(27)6-5-7-24(22)28/h8-12,15H,2-7,13-14,16-19H2,1H3. The molecule has 1 fully saturated rings. The van der Waals surface area contributed by atoms with Gasteiger partial charge in [-0.15, -0.1) is 0 Å². The summed E-state index contributed by atoms with van der Waals surface area (Å²) >= 11 is 0. The summed E-state index contributed by atoms with van der Waals surface area (Å²) in [5.74, 6) is 1.28. The Kier molecular flexibility index (Phi) is 6.55. The zero-order valence-electron chi connectivity index (χ0n) is 17.6. The quantitative estimate of drug-likeness (QED) is 0.633. The van der Waals surface area contributed by atoms with E-state index in [0.29, 0.717) is 12.4 Å². The zero-order valence-corrected chi connectivity index (χ0v) is 17.6. The molecule has 5 heteroatoms. The van der Waals surface area contributed by atoms with E-state index < -0.39 is 0 Å². The minimum absolute atomic E-state index is 0.329. The molecule has 0 saturated carbocycles. The lowest BCUT2D eigenvalue weighted by Crippen LogP contribution is -2.46. The highest BCUT2D eigenvalue weighted by molar-refractivity contribution is 5.98. The number of ether oxygens (including phenoxy) is 1. The van der Waals surface area contributed by atoms with Crippen LogP contribution in [0, 0.1) is 0 Å². The summed E-state index contributed by atoms with van der Waals surface area (Å²) in [6.07, 6.45) is 7.29. The molecule has 0 amide bonds. The molecule has 0 atom stereocenters. The van der Waals surface area contributed by atoms with Gasteiger partial charge in [0.15, 0.2) is 5.78 Å². The fourth-order valence-corrected chi connectivity index (χ4v) is 4.57. The van der Waals surface area contributed by atoms with Crippen LogP contribution < -0.4 is 9.64 Å². The first-order valence-corrected chi connectivity index (χ1v) is 11.2. The van der Waals surface area contributed by atoms with Crippen molar-refractivity contribution in [3.8, 4) is 5.75 Å². The third kappa shape index (κ3) is 4.84. The number of hydrogen-bond donors (Lipinski definition) is 0. The Hall–Kier alpha value is -2.27. The molecule has 0 bridgehead atoms. The van der Waals surface area contributed by atoms with E-state index in [2.05, 4.69) is 44.8 Å². The Bertz CT molecular complexity index is 804. The molecule has 0 spiro atoms. The number of piperazine rings is 1. The van der Waals surface area contributed by atoms with Crippen LogP contribution in [-0.4, -0.2) is 54.6 Å². The van der Waals surface area contributed by atoms with Crippen LogP contribution in [0.25, 0.3) is 0 Å². The van der Waals surface area contributed by atoms with Gasteiger partial charge in [-0.05, 0) is 69.5 Å². The molecule has 2 heterocycles. The van der Waals surface area contributed by atoms with Crippen LogP contribution in [-0.2, 0) is 13.0 Å². The molecule has 0 unspecified atom stereocenters. The van der Waals surface area contributed by atoms with Gasteiger partial charge in [0, 0.05) is 62.3 Å². The maximum atomic E-state index is 12.0. The summed E-state index contributed by atoms with van der Waals surface area (Å²) in [6, 6.07) is 10.5. The third-order valence-corrected chi connectivity index (χ3v) is 6.21. The van der Waals surface area contributed by atoms with Gasteiger partial charge in [0.1, 0.15) is 5.75 Å². The lowest BCUT2D eigenvalue weighted by Gasteiger charge is -2.36. The van der Waals surface area contributed by atoms with Gasteiger partial charge in [0.05, 0.1) is 6.61 Å². The van der Waals surface area contributed by atoms with Crippen molar-refractivity contribution in [3.05, 3.63) is 47.8 Å². The number of rotatable bonds is 8. The molecule has 2 aliphatic rings. The molecule has 0 radical (unpaired) electrons. The predicted octanol–water partition coefficient (Wildman–Crippen LogP) is 4.01. The Balaban J connectivity index is 1.17. The average Bonchev–Trinajstić information content (AvgIpc) is 3.17. The van der Waals surface area contributed by atoms with Gasteiger partial charge in [-0.1, -0.05) is 0 Å². The van der Waals surface area contributed by atoms with E-state index in [1.54, 1.807) is 0 Å². The van der Waals surface area contributed by atoms with Gasteiger partial charge in [-0.2, -0.15) is 0 Å². The summed E-state index contributed by atoms with van der Waals surface area (Å²) in [7, 11) is 0. The maximum Gasteiger partial charge on any atom is 0.164 e. The van der Waals surface area contributed by atoms with Crippen molar-refractivity contribution in [3.63, 3.8) is 0 Å². The number of benzene rings is 1. The number of carbonyl (C=O) groups excluding carboxylic acids is 1. The number of anilines is 1. The van der Waals surface area contributed by atoms with Gasteiger partial charge in [0.25, 0.3) is 0 Å². The molecule has 2 aromatic rings. The first kappa shape index (κ1) is 20.0. The third-order valence-electron chi connectivity index (χ3n) is 6.21. The van der Waals surface area contributed by atoms with Gasteiger partial charge in [-0.25, -0.2) is 0 Å². The molecule has 4 rings (SSSR count). The van der Waals surface area contributed by atoms with E-state index in [1.165, 1.54) is 30.8 Å². The fraction of sp³-hybridized carbons (Fsp3) is 0.542. The molecule has 1 aromatic heterocycles. The molecular formula is C24H33N3O2.